The fourth-order valence-electron chi connectivity index (χ4n) is 8.15. The fourth-order valence-corrected chi connectivity index (χ4v) is 8.15. The zero-order chi connectivity index (χ0) is 34.2. The molecule has 242 valence electrons. The number of aromatic nitrogens is 5. The summed E-state index contributed by atoms with van der Waals surface area (Å²) in [5.74, 6) is 0.600. The van der Waals surface area contributed by atoms with Crippen molar-refractivity contribution in [1.29, 1.82) is 0 Å². The summed E-state index contributed by atoms with van der Waals surface area (Å²) in [7, 11) is 0. The summed E-state index contributed by atoms with van der Waals surface area (Å²) in [6.45, 7) is 0. The highest BCUT2D eigenvalue weighted by Crippen LogP contribution is 2.43. The molecule has 0 aliphatic carbocycles. The van der Waals surface area contributed by atoms with Gasteiger partial charge in [0.25, 0.3) is 0 Å². The van der Waals surface area contributed by atoms with Gasteiger partial charge in [-0.05, 0) is 76.5 Å². The molecular formula is C47H29N5. The highest BCUT2D eigenvalue weighted by molar-refractivity contribution is 6.24. The smallest absolute Gasteiger partial charge is 0.237 e. The van der Waals surface area contributed by atoms with Gasteiger partial charge < -0.3 is 4.57 Å². The maximum absolute atomic E-state index is 5.24. The number of nitrogens with zero attached hydrogens (tertiary/aromatic N) is 5. The molecule has 0 unspecified atom stereocenters. The number of para-hydroxylation sites is 3. The minimum atomic E-state index is 0.600. The van der Waals surface area contributed by atoms with E-state index in [4.69, 9.17) is 9.97 Å². The largest absolute Gasteiger partial charge is 0.309 e. The molecule has 7 aromatic carbocycles. The van der Waals surface area contributed by atoms with Crippen LogP contribution in [0.3, 0.4) is 0 Å². The van der Waals surface area contributed by atoms with Gasteiger partial charge >= 0.3 is 0 Å². The van der Waals surface area contributed by atoms with Crippen LogP contribution in [0.1, 0.15) is 0 Å². The minimum absolute atomic E-state index is 0.600. The number of benzene rings is 7. The van der Waals surface area contributed by atoms with Crippen LogP contribution < -0.4 is 0 Å². The van der Waals surface area contributed by atoms with Crippen molar-refractivity contribution in [2.24, 2.45) is 0 Å². The van der Waals surface area contributed by atoms with Gasteiger partial charge in [-0.25, -0.2) is 9.97 Å². The summed E-state index contributed by atoms with van der Waals surface area (Å²) in [5, 5.41) is 8.21. The predicted octanol–water partition coefficient (Wildman–Crippen LogP) is 11.7. The molecule has 0 bridgehead atoms. The van der Waals surface area contributed by atoms with Crippen LogP contribution in [-0.4, -0.2) is 24.1 Å². The fraction of sp³-hybridized carbons (Fsp3) is 0. The average Bonchev–Trinajstić information content (AvgIpc) is 3.73. The van der Waals surface area contributed by atoms with Crippen molar-refractivity contribution in [2.75, 3.05) is 0 Å². The first-order chi connectivity index (χ1) is 25.8. The molecule has 11 aromatic rings. The summed E-state index contributed by atoms with van der Waals surface area (Å²) >= 11 is 0. The Morgan fingerprint density at radius 3 is 1.83 bits per heavy atom. The second-order valence-corrected chi connectivity index (χ2v) is 13.2. The summed E-state index contributed by atoms with van der Waals surface area (Å²) in [6.07, 6.45) is 1.80. The molecule has 0 atom stereocenters. The van der Waals surface area contributed by atoms with E-state index in [1.54, 1.807) is 6.20 Å². The molecule has 0 spiro atoms. The molecule has 4 aromatic heterocycles. The van der Waals surface area contributed by atoms with E-state index in [2.05, 4.69) is 154 Å². The molecule has 0 fully saturated rings. The predicted molar refractivity (Wildman–Crippen MR) is 214 cm³/mol. The third-order valence-electron chi connectivity index (χ3n) is 10.4. The average molecular weight is 664 g/mol. The quantitative estimate of drug-likeness (QED) is 0.188. The lowest BCUT2D eigenvalue weighted by atomic mass is 9.94. The van der Waals surface area contributed by atoms with E-state index < -0.39 is 0 Å². The van der Waals surface area contributed by atoms with Crippen LogP contribution in [0.4, 0.5) is 0 Å². The molecule has 52 heavy (non-hydrogen) atoms. The Labute approximate surface area is 298 Å². The Morgan fingerprint density at radius 2 is 1.02 bits per heavy atom. The Kier molecular flexibility index (Phi) is 6.18. The van der Waals surface area contributed by atoms with Crippen molar-refractivity contribution in [2.45, 2.75) is 0 Å². The normalized spacial score (nSPS) is 11.8. The summed E-state index contributed by atoms with van der Waals surface area (Å²) < 4.78 is 4.59. The van der Waals surface area contributed by atoms with Gasteiger partial charge in [0.2, 0.25) is 5.95 Å². The second kappa shape index (κ2) is 11.2. The van der Waals surface area contributed by atoms with E-state index in [0.717, 1.165) is 49.7 Å². The maximum atomic E-state index is 5.24. The third kappa shape index (κ3) is 4.20. The SMILES string of the molecule is c1ccc(-c2nc(-n3c4ccccc4c4cc(-c5cc6c(c7ccccc57)c5ccccc5n6-c5ccccc5)ccc43)nc3ncccc23)cc1. The molecule has 11 rings (SSSR count). The van der Waals surface area contributed by atoms with Gasteiger partial charge in [-0.1, -0.05) is 115 Å². The lowest BCUT2D eigenvalue weighted by molar-refractivity contribution is 1.00. The zero-order valence-electron chi connectivity index (χ0n) is 28.0. The standard InChI is InChI=1S/C47H29N5/c1-3-14-30(15-4-1)45-37-22-13-27-48-46(37)50-47(49-45)52-40-23-11-9-19-34(40)39-28-31(25-26-42(39)52)38-29-43-44(35-20-8-7-18-33(35)38)36-21-10-12-24-41(36)51(43)32-16-5-2-6-17-32/h1-29H. The van der Waals surface area contributed by atoms with Crippen molar-refractivity contribution in [3.8, 4) is 34.0 Å². The molecule has 0 radical (unpaired) electrons. The van der Waals surface area contributed by atoms with Crippen LogP contribution in [0, 0.1) is 0 Å². The van der Waals surface area contributed by atoms with Gasteiger partial charge in [0.05, 0.1) is 27.8 Å². The van der Waals surface area contributed by atoms with Crippen LogP contribution in [-0.2, 0) is 0 Å². The lowest BCUT2D eigenvalue weighted by Crippen LogP contribution is -2.04. The number of fused-ring (bicyclic) bond motifs is 9. The Morgan fingerprint density at radius 1 is 0.385 bits per heavy atom. The van der Waals surface area contributed by atoms with E-state index >= 15 is 0 Å². The number of rotatable bonds is 4. The van der Waals surface area contributed by atoms with E-state index in [1.165, 1.54) is 38.1 Å². The van der Waals surface area contributed by atoms with Crippen molar-refractivity contribution in [3.63, 3.8) is 0 Å². The van der Waals surface area contributed by atoms with Crippen molar-refractivity contribution < 1.29 is 0 Å². The van der Waals surface area contributed by atoms with Crippen LogP contribution >= 0.6 is 0 Å². The summed E-state index contributed by atoms with van der Waals surface area (Å²) in [4.78, 5) is 15.0. The van der Waals surface area contributed by atoms with Crippen LogP contribution in [0.2, 0.25) is 0 Å². The summed E-state index contributed by atoms with van der Waals surface area (Å²) in [5.41, 5.74) is 10.5. The number of hydrogen-bond donors (Lipinski definition) is 0. The van der Waals surface area contributed by atoms with E-state index in [9.17, 15) is 0 Å². The highest BCUT2D eigenvalue weighted by Gasteiger charge is 2.21. The van der Waals surface area contributed by atoms with E-state index in [-0.39, 0.29) is 0 Å². The Bertz CT molecular complexity index is 3180. The second-order valence-electron chi connectivity index (χ2n) is 13.2. The highest BCUT2D eigenvalue weighted by atomic mass is 15.2. The van der Waals surface area contributed by atoms with Gasteiger partial charge in [-0.2, -0.15) is 4.98 Å². The first kappa shape index (κ1) is 28.7. The molecule has 0 saturated carbocycles. The molecule has 0 amide bonds. The van der Waals surface area contributed by atoms with Gasteiger partial charge in [0.1, 0.15) is 0 Å². The maximum Gasteiger partial charge on any atom is 0.237 e. The zero-order valence-corrected chi connectivity index (χ0v) is 28.0. The minimum Gasteiger partial charge on any atom is -0.309 e. The molecule has 0 aliphatic heterocycles. The molecular weight excluding hydrogens is 635 g/mol. The molecule has 0 saturated heterocycles. The van der Waals surface area contributed by atoms with Crippen molar-refractivity contribution in [3.05, 3.63) is 176 Å². The van der Waals surface area contributed by atoms with Gasteiger partial charge in [-0.15, -0.1) is 0 Å². The van der Waals surface area contributed by atoms with Gasteiger partial charge in [-0.3, -0.25) is 4.57 Å². The van der Waals surface area contributed by atoms with Crippen molar-refractivity contribution >= 4 is 65.4 Å². The first-order valence-corrected chi connectivity index (χ1v) is 17.5. The van der Waals surface area contributed by atoms with E-state index in [1.807, 2.05) is 30.3 Å². The molecule has 0 aliphatic rings. The van der Waals surface area contributed by atoms with E-state index in [0.29, 0.717) is 11.6 Å². The lowest BCUT2D eigenvalue weighted by Gasteiger charge is -2.13. The molecule has 0 N–H and O–H groups in total. The first-order valence-electron chi connectivity index (χ1n) is 17.5. The van der Waals surface area contributed by atoms with Gasteiger partial charge in [0.15, 0.2) is 5.65 Å². The topological polar surface area (TPSA) is 48.5 Å². The van der Waals surface area contributed by atoms with Crippen molar-refractivity contribution in [1.82, 2.24) is 24.1 Å². The molecule has 5 heteroatoms. The summed E-state index contributed by atoms with van der Waals surface area (Å²) in [6, 6.07) is 60.3. The number of hydrogen-bond acceptors (Lipinski definition) is 3. The molecule has 5 nitrogen and oxygen atoms in total. The van der Waals surface area contributed by atoms with Crippen LogP contribution in [0.15, 0.2) is 176 Å². The third-order valence-corrected chi connectivity index (χ3v) is 10.4. The van der Waals surface area contributed by atoms with Crippen LogP contribution in [0.5, 0.6) is 0 Å². The molecule has 4 heterocycles. The van der Waals surface area contributed by atoms with Gasteiger partial charge in [0, 0.05) is 44.4 Å². The Balaban J connectivity index is 1.19. The Hall–Kier alpha value is -7.11. The number of pyridine rings is 1. The van der Waals surface area contributed by atoms with Crippen LogP contribution in [0.25, 0.3) is 99.4 Å². The monoisotopic (exact) mass is 663 g/mol.